The Labute approximate surface area is 181 Å². The van der Waals surface area contributed by atoms with Gasteiger partial charge in [-0.15, -0.1) is 0 Å². The maximum Gasteiger partial charge on any atom is 0.231 e. The molecule has 0 amide bonds. The first-order valence-electron chi connectivity index (χ1n) is 9.03. The smallest absolute Gasteiger partial charge is 0.231 e. The fourth-order valence-corrected chi connectivity index (χ4v) is 3.67. The van der Waals surface area contributed by atoms with Crippen molar-refractivity contribution in [2.45, 2.75) is 19.7 Å². The lowest BCUT2D eigenvalue weighted by Gasteiger charge is -2.14. The van der Waals surface area contributed by atoms with E-state index in [2.05, 4.69) is 21.2 Å². The van der Waals surface area contributed by atoms with Gasteiger partial charge < -0.3 is 19.5 Å². The van der Waals surface area contributed by atoms with Gasteiger partial charge in [-0.2, -0.15) is 0 Å². The fourth-order valence-electron chi connectivity index (χ4n) is 3.04. The minimum absolute atomic E-state index is 0.0578. The summed E-state index contributed by atoms with van der Waals surface area (Å²) in [5, 5.41) is 3.75. The Morgan fingerprint density at radius 3 is 2.76 bits per heavy atom. The van der Waals surface area contributed by atoms with Gasteiger partial charge in [0.25, 0.3) is 0 Å². The minimum Gasteiger partial charge on any atom is -0.488 e. The summed E-state index contributed by atoms with van der Waals surface area (Å²) in [6.07, 6.45) is 0. The molecule has 0 aliphatic carbocycles. The van der Waals surface area contributed by atoms with Crippen LogP contribution in [0.25, 0.3) is 0 Å². The number of ether oxygens (including phenoxy) is 3. The molecule has 0 saturated carbocycles. The number of hydrogen-bond donors (Lipinski definition) is 1. The first-order chi connectivity index (χ1) is 14.1. The molecule has 1 heterocycles. The van der Waals surface area contributed by atoms with Gasteiger partial charge in [0, 0.05) is 28.7 Å². The molecular weight excluding hydrogens is 461 g/mol. The summed E-state index contributed by atoms with van der Waals surface area (Å²) < 4.78 is 31.6. The molecule has 150 valence electrons. The van der Waals surface area contributed by atoms with E-state index in [1.54, 1.807) is 12.1 Å². The van der Waals surface area contributed by atoms with Crippen LogP contribution in [-0.2, 0) is 19.7 Å². The second kappa shape index (κ2) is 9.03. The van der Waals surface area contributed by atoms with Crippen LogP contribution in [0.15, 0.2) is 59.1 Å². The predicted octanol–water partition coefficient (Wildman–Crippen LogP) is 5.84. The molecule has 4 nitrogen and oxygen atoms in total. The van der Waals surface area contributed by atoms with Crippen molar-refractivity contribution in [1.29, 1.82) is 0 Å². The van der Waals surface area contributed by atoms with Crippen LogP contribution in [0.2, 0.25) is 5.02 Å². The molecule has 29 heavy (non-hydrogen) atoms. The van der Waals surface area contributed by atoms with Gasteiger partial charge in [-0.05, 0) is 48.0 Å². The van der Waals surface area contributed by atoms with Crippen LogP contribution < -0.4 is 19.5 Å². The molecule has 0 aromatic heterocycles. The zero-order valence-electron chi connectivity index (χ0n) is 15.4. The van der Waals surface area contributed by atoms with Crippen molar-refractivity contribution in [2.75, 3.05) is 6.79 Å². The van der Waals surface area contributed by atoms with Crippen molar-refractivity contribution in [3.05, 3.63) is 86.6 Å². The monoisotopic (exact) mass is 477 g/mol. The molecule has 3 aromatic rings. The van der Waals surface area contributed by atoms with Gasteiger partial charge in [-0.25, -0.2) is 4.39 Å². The molecular formula is C22H18BrClFNO3. The molecule has 0 unspecified atom stereocenters. The van der Waals surface area contributed by atoms with Crippen molar-refractivity contribution >= 4 is 27.5 Å². The number of rotatable bonds is 7. The predicted molar refractivity (Wildman–Crippen MR) is 113 cm³/mol. The summed E-state index contributed by atoms with van der Waals surface area (Å²) in [7, 11) is 0. The van der Waals surface area contributed by atoms with E-state index < -0.39 is 0 Å². The van der Waals surface area contributed by atoms with Gasteiger partial charge >= 0.3 is 0 Å². The first-order valence-corrected chi connectivity index (χ1v) is 10.2. The molecule has 7 heteroatoms. The Kier molecular flexibility index (Phi) is 6.23. The fraction of sp³-hybridized carbons (Fsp3) is 0.182. The molecule has 0 fully saturated rings. The zero-order chi connectivity index (χ0) is 20.2. The highest BCUT2D eigenvalue weighted by Gasteiger charge is 2.13. The standard InChI is InChI=1S/C22H18BrClFNO3/c23-16-5-7-20(27-12-17-18(24)2-1-3-19(17)25)15(9-16)11-26-10-14-4-6-21-22(8-14)29-13-28-21/h1-9,26H,10-13H2. The Balaban J connectivity index is 1.41. The summed E-state index contributed by atoms with van der Waals surface area (Å²) >= 11 is 9.58. The second-order valence-corrected chi connectivity index (χ2v) is 7.85. The van der Waals surface area contributed by atoms with Gasteiger partial charge in [0.1, 0.15) is 18.2 Å². The van der Waals surface area contributed by atoms with Crippen LogP contribution in [0.1, 0.15) is 16.7 Å². The van der Waals surface area contributed by atoms with Crippen LogP contribution in [0.3, 0.4) is 0 Å². The van der Waals surface area contributed by atoms with Crippen molar-refractivity contribution in [1.82, 2.24) is 5.32 Å². The lowest BCUT2D eigenvalue weighted by atomic mass is 10.1. The Bertz CT molecular complexity index is 1010. The van der Waals surface area contributed by atoms with Crippen molar-refractivity contribution in [2.24, 2.45) is 0 Å². The quantitative estimate of drug-likeness (QED) is 0.463. The summed E-state index contributed by atoms with van der Waals surface area (Å²) in [5.74, 6) is 1.82. The van der Waals surface area contributed by atoms with Gasteiger partial charge in [0.05, 0.1) is 5.02 Å². The molecule has 0 bridgehead atoms. The van der Waals surface area contributed by atoms with Gasteiger partial charge in [0.2, 0.25) is 6.79 Å². The molecule has 1 aliphatic heterocycles. The van der Waals surface area contributed by atoms with Crippen molar-refractivity contribution < 1.29 is 18.6 Å². The highest BCUT2D eigenvalue weighted by atomic mass is 79.9. The van der Waals surface area contributed by atoms with Gasteiger partial charge in [0.15, 0.2) is 11.5 Å². The van der Waals surface area contributed by atoms with Crippen LogP contribution in [0.4, 0.5) is 4.39 Å². The van der Waals surface area contributed by atoms with Crippen LogP contribution in [-0.4, -0.2) is 6.79 Å². The van der Waals surface area contributed by atoms with E-state index in [-0.39, 0.29) is 19.2 Å². The third-order valence-electron chi connectivity index (χ3n) is 4.54. The highest BCUT2D eigenvalue weighted by molar-refractivity contribution is 9.10. The third kappa shape index (κ3) is 4.83. The third-order valence-corrected chi connectivity index (χ3v) is 5.39. The van der Waals surface area contributed by atoms with E-state index in [0.29, 0.717) is 29.4 Å². The summed E-state index contributed by atoms with van der Waals surface area (Å²) in [6, 6.07) is 16.2. The van der Waals surface area contributed by atoms with E-state index in [4.69, 9.17) is 25.8 Å². The maximum absolute atomic E-state index is 14.0. The van der Waals surface area contributed by atoms with Crippen LogP contribution in [0, 0.1) is 5.82 Å². The number of benzene rings is 3. The lowest BCUT2D eigenvalue weighted by molar-refractivity contribution is 0.174. The number of hydrogen-bond acceptors (Lipinski definition) is 4. The zero-order valence-corrected chi connectivity index (χ0v) is 17.7. The maximum atomic E-state index is 14.0. The number of halogens is 3. The summed E-state index contributed by atoms with van der Waals surface area (Å²) in [6.45, 7) is 1.55. The minimum atomic E-state index is -0.378. The van der Waals surface area contributed by atoms with E-state index in [1.165, 1.54) is 6.07 Å². The molecule has 1 N–H and O–H groups in total. The molecule has 0 radical (unpaired) electrons. The lowest BCUT2D eigenvalue weighted by Crippen LogP contribution is -2.14. The Hall–Kier alpha value is -2.28. The number of fused-ring (bicyclic) bond motifs is 1. The van der Waals surface area contributed by atoms with E-state index >= 15 is 0 Å². The second-order valence-electron chi connectivity index (χ2n) is 6.53. The molecule has 0 atom stereocenters. The molecule has 0 saturated heterocycles. The van der Waals surface area contributed by atoms with Crippen molar-refractivity contribution in [3.63, 3.8) is 0 Å². The Morgan fingerprint density at radius 2 is 1.90 bits per heavy atom. The van der Waals surface area contributed by atoms with E-state index in [1.807, 2.05) is 36.4 Å². The highest BCUT2D eigenvalue weighted by Crippen LogP contribution is 2.32. The number of nitrogens with one attached hydrogen (secondary N) is 1. The summed E-state index contributed by atoms with van der Waals surface area (Å²) in [5.41, 5.74) is 2.38. The normalized spacial score (nSPS) is 12.2. The van der Waals surface area contributed by atoms with Crippen LogP contribution in [0.5, 0.6) is 17.2 Å². The van der Waals surface area contributed by atoms with E-state index in [0.717, 1.165) is 27.1 Å². The average Bonchev–Trinajstić information content (AvgIpc) is 3.17. The Morgan fingerprint density at radius 1 is 1.03 bits per heavy atom. The summed E-state index contributed by atoms with van der Waals surface area (Å²) in [4.78, 5) is 0. The van der Waals surface area contributed by atoms with E-state index in [9.17, 15) is 4.39 Å². The topological polar surface area (TPSA) is 39.7 Å². The molecule has 3 aromatic carbocycles. The molecule has 1 aliphatic rings. The largest absolute Gasteiger partial charge is 0.488 e. The van der Waals surface area contributed by atoms with Gasteiger partial charge in [-0.3, -0.25) is 0 Å². The van der Waals surface area contributed by atoms with Gasteiger partial charge in [-0.1, -0.05) is 39.7 Å². The van der Waals surface area contributed by atoms with Crippen LogP contribution >= 0.6 is 27.5 Å². The molecule has 0 spiro atoms. The first kappa shape index (κ1) is 20.0. The van der Waals surface area contributed by atoms with Crippen molar-refractivity contribution in [3.8, 4) is 17.2 Å². The average molecular weight is 479 g/mol. The SMILES string of the molecule is Fc1cccc(Cl)c1COc1ccc(Br)cc1CNCc1ccc2c(c1)OCO2. The molecule has 4 rings (SSSR count).